The summed E-state index contributed by atoms with van der Waals surface area (Å²) < 4.78 is 6.38. The monoisotopic (exact) mass is 292 g/mol. The molecule has 4 heteroatoms. The Kier molecular flexibility index (Phi) is 2.99. The second-order valence-corrected chi connectivity index (χ2v) is 5.05. The van der Waals surface area contributed by atoms with Gasteiger partial charge in [-0.2, -0.15) is 0 Å². The average molecular weight is 293 g/mol. The molecule has 1 saturated heterocycles. The summed E-state index contributed by atoms with van der Waals surface area (Å²) in [5, 5.41) is 1.16. The normalized spacial score (nSPS) is 16.4. The van der Waals surface area contributed by atoms with Crippen LogP contribution in [-0.2, 0) is 4.74 Å². The lowest BCUT2D eigenvalue weighted by molar-refractivity contribution is 0.122. The van der Waals surface area contributed by atoms with Crippen molar-refractivity contribution in [2.24, 2.45) is 0 Å². The van der Waals surface area contributed by atoms with Crippen molar-refractivity contribution < 1.29 is 4.74 Å². The Morgan fingerprint density at radius 3 is 2.82 bits per heavy atom. The van der Waals surface area contributed by atoms with Crippen LogP contribution < -0.4 is 4.90 Å². The van der Waals surface area contributed by atoms with Gasteiger partial charge >= 0.3 is 0 Å². The molecule has 0 amide bonds. The fourth-order valence-electron chi connectivity index (χ4n) is 2.10. The van der Waals surface area contributed by atoms with E-state index in [0.29, 0.717) is 0 Å². The fraction of sp³-hybridized carbons (Fsp3) is 0.308. The molecule has 0 saturated carbocycles. The van der Waals surface area contributed by atoms with Crippen LogP contribution in [0, 0.1) is 0 Å². The molecule has 3 nitrogen and oxygen atoms in total. The Morgan fingerprint density at radius 1 is 1.18 bits per heavy atom. The maximum atomic E-state index is 5.36. The van der Waals surface area contributed by atoms with E-state index in [-0.39, 0.29) is 0 Å². The molecule has 0 unspecified atom stereocenters. The number of hydrogen-bond donors (Lipinski definition) is 0. The molecule has 0 spiro atoms. The first-order valence-electron chi connectivity index (χ1n) is 5.71. The lowest BCUT2D eigenvalue weighted by Crippen LogP contribution is -2.36. The summed E-state index contributed by atoms with van der Waals surface area (Å²) in [4.78, 5) is 6.77. The van der Waals surface area contributed by atoms with Gasteiger partial charge in [-0.1, -0.05) is 6.07 Å². The first kappa shape index (κ1) is 11.0. The first-order chi connectivity index (χ1) is 8.33. The molecule has 0 radical (unpaired) electrons. The standard InChI is InChI=1S/C13H13BrN2O/c14-11-7-10-1-2-12(8-13(10)15-9-11)16-3-5-17-6-4-16/h1-2,7-9H,3-6H2. The maximum Gasteiger partial charge on any atom is 0.0723 e. The number of anilines is 1. The van der Waals surface area contributed by atoms with Gasteiger partial charge < -0.3 is 9.64 Å². The molecule has 2 aromatic rings. The molecule has 0 N–H and O–H groups in total. The van der Waals surface area contributed by atoms with Crippen LogP contribution in [0.3, 0.4) is 0 Å². The minimum atomic E-state index is 0.811. The molecule has 88 valence electrons. The van der Waals surface area contributed by atoms with Crippen LogP contribution in [-0.4, -0.2) is 31.3 Å². The van der Waals surface area contributed by atoms with Gasteiger partial charge in [0.15, 0.2) is 0 Å². The van der Waals surface area contributed by atoms with E-state index in [2.05, 4.69) is 50.1 Å². The van der Waals surface area contributed by atoms with Gasteiger partial charge in [-0.25, -0.2) is 0 Å². The fourth-order valence-corrected chi connectivity index (χ4v) is 2.45. The van der Waals surface area contributed by atoms with E-state index in [1.165, 1.54) is 5.69 Å². The topological polar surface area (TPSA) is 25.4 Å². The van der Waals surface area contributed by atoms with Crippen molar-refractivity contribution in [1.29, 1.82) is 0 Å². The van der Waals surface area contributed by atoms with Gasteiger partial charge in [-0.15, -0.1) is 0 Å². The number of hydrogen-bond acceptors (Lipinski definition) is 3. The number of halogens is 1. The molecule has 3 rings (SSSR count). The molecule has 0 bridgehead atoms. The van der Waals surface area contributed by atoms with Gasteiger partial charge in [0.25, 0.3) is 0 Å². The lowest BCUT2D eigenvalue weighted by atomic mass is 10.2. The summed E-state index contributed by atoms with van der Waals surface area (Å²) >= 11 is 3.44. The van der Waals surface area contributed by atoms with Crippen molar-refractivity contribution in [1.82, 2.24) is 4.98 Å². The molecule has 1 fully saturated rings. The number of morpholine rings is 1. The predicted molar refractivity (Wildman–Crippen MR) is 72.5 cm³/mol. The summed E-state index contributed by atoms with van der Waals surface area (Å²) in [6.45, 7) is 3.54. The van der Waals surface area contributed by atoms with E-state index in [0.717, 1.165) is 41.7 Å². The zero-order valence-corrected chi connectivity index (χ0v) is 11.0. The summed E-state index contributed by atoms with van der Waals surface area (Å²) in [5.41, 5.74) is 2.27. The van der Waals surface area contributed by atoms with Crippen molar-refractivity contribution in [3.63, 3.8) is 0 Å². The van der Waals surface area contributed by atoms with Crippen molar-refractivity contribution in [2.45, 2.75) is 0 Å². The highest BCUT2D eigenvalue weighted by Gasteiger charge is 2.11. The largest absolute Gasteiger partial charge is 0.378 e. The Balaban J connectivity index is 1.98. The highest BCUT2D eigenvalue weighted by molar-refractivity contribution is 9.10. The second-order valence-electron chi connectivity index (χ2n) is 4.13. The SMILES string of the molecule is Brc1cnc2cc(N3CCOCC3)ccc2c1. The molecular formula is C13H13BrN2O. The van der Waals surface area contributed by atoms with Gasteiger partial charge in [0.05, 0.1) is 18.7 Å². The van der Waals surface area contributed by atoms with Gasteiger partial charge in [-0.05, 0) is 34.1 Å². The number of ether oxygens (including phenoxy) is 1. The predicted octanol–water partition coefficient (Wildman–Crippen LogP) is 2.83. The van der Waals surface area contributed by atoms with E-state index in [1.807, 2.05) is 6.20 Å². The summed E-state index contributed by atoms with van der Waals surface area (Å²) in [5.74, 6) is 0. The molecule has 2 heterocycles. The molecular weight excluding hydrogens is 280 g/mol. The molecule has 1 aliphatic rings. The third-order valence-corrected chi connectivity index (χ3v) is 3.44. The van der Waals surface area contributed by atoms with Crippen molar-refractivity contribution in [2.75, 3.05) is 31.2 Å². The molecule has 1 aromatic carbocycles. The lowest BCUT2D eigenvalue weighted by Gasteiger charge is -2.28. The summed E-state index contributed by atoms with van der Waals surface area (Å²) in [7, 11) is 0. The highest BCUT2D eigenvalue weighted by Crippen LogP contribution is 2.23. The van der Waals surface area contributed by atoms with Gasteiger partial charge in [0.2, 0.25) is 0 Å². The smallest absolute Gasteiger partial charge is 0.0723 e. The van der Waals surface area contributed by atoms with Crippen LogP contribution in [0.4, 0.5) is 5.69 Å². The Labute approximate surface area is 109 Å². The summed E-state index contributed by atoms with van der Waals surface area (Å²) in [6.07, 6.45) is 1.84. The van der Waals surface area contributed by atoms with Crippen molar-refractivity contribution in [3.8, 4) is 0 Å². The molecule has 1 aliphatic heterocycles. The summed E-state index contributed by atoms with van der Waals surface area (Å²) in [6, 6.07) is 8.51. The van der Waals surface area contributed by atoms with Gasteiger partial charge in [0.1, 0.15) is 0 Å². The quantitative estimate of drug-likeness (QED) is 0.808. The first-order valence-corrected chi connectivity index (χ1v) is 6.50. The van der Waals surface area contributed by atoms with Crippen LogP contribution >= 0.6 is 15.9 Å². The Bertz CT molecular complexity index is 538. The van der Waals surface area contributed by atoms with E-state index in [4.69, 9.17) is 4.74 Å². The number of aromatic nitrogens is 1. The van der Waals surface area contributed by atoms with E-state index in [9.17, 15) is 0 Å². The minimum absolute atomic E-state index is 0.811. The third kappa shape index (κ3) is 2.28. The zero-order chi connectivity index (χ0) is 11.7. The van der Waals surface area contributed by atoms with Crippen LogP contribution in [0.1, 0.15) is 0 Å². The highest BCUT2D eigenvalue weighted by atomic mass is 79.9. The van der Waals surface area contributed by atoms with E-state index < -0.39 is 0 Å². The van der Waals surface area contributed by atoms with Crippen LogP contribution in [0.15, 0.2) is 34.9 Å². The van der Waals surface area contributed by atoms with Crippen molar-refractivity contribution in [3.05, 3.63) is 34.9 Å². The number of rotatable bonds is 1. The minimum Gasteiger partial charge on any atom is -0.378 e. The molecule has 17 heavy (non-hydrogen) atoms. The Hall–Kier alpha value is -1.13. The van der Waals surface area contributed by atoms with Crippen LogP contribution in [0.25, 0.3) is 10.9 Å². The van der Waals surface area contributed by atoms with Crippen LogP contribution in [0.5, 0.6) is 0 Å². The Morgan fingerprint density at radius 2 is 2.00 bits per heavy atom. The number of pyridine rings is 1. The van der Waals surface area contributed by atoms with Crippen molar-refractivity contribution >= 4 is 32.5 Å². The maximum absolute atomic E-state index is 5.36. The second kappa shape index (κ2) is 4.63. The van der Waals surface area contributed by atoms with Crippen LogP contribution in [0.2, 0.25) is 0 Å². The van der Waals surface area contributed by atoms with Gasteiger partial charge in [0, 0.05) is 34.8 Å². The molecule has 0 atom stereocenters. The van der Waals surface area contributed by atoms with Gasteiger partial charge in [-0.3, -0.25) is 4.98 Å². The number of nitrogens with zero attached hydrogens (tertiary/aromatic N) is 2. The number of benzene rings is 1. The molecule has 0 aliphatic carbocycles. The third-order valence-electron chi connectivity index (χ3n) is 3.01. The zero-order valence-electron chi connectivity index (χ0n) is 9.40. The van der Waals surface area contributed by atoms with E-state index in [1.54, 1.807) is 0 Å². The number of fused-ring (bicyclic) bond motifs is 1. The average Bonchev–Trinajstić information content (AvgIpc) is 2.39. The van der Waals surface area contributed by atoms with E-state index >= 15 is 0 Å². The molecule has 1 aromatic heterocycles.